The van der Waals surface area contributed by atoms with E-state index < -0.39 is 21.6 Å². The molecule has 6 heteroatoms. The zero-order valence-electron chi connectivity index (χ0n) is 18.8. The Kier molecular flexibility index (Phi) is 6.70. The molecule has 170 valence electrons. The Hall–Kier alpha value is -4.03. The Bertz CT molecular complexity index is 1450. The first kappa shape index (κ1) is 23.1. The van der Waals surface area contributed by atoms with Gasteiger partial charge in [0.25, 0.3) is 5.91 Å². The minimum atomic E-state index is -2.97. The molecule has 5 nitrogen and oxygen atoms in total. The first-order valence-corrected chi connectivity index (χ1v) is 12.6. The topological polar surface area (TPSA) is 72.8 Å². The van der Waals surface area contributed by atoms with Crippen LogP contribution in [-0.2, 0) is 9.73 Å². The highest BCUT2D eigenvalue weighted by molar-refractivity contribution is 7.93. The van der Waals surface area contributed by atoms with Gasteiger partial charge in [0, 0.05) is 11.2 Å². The van der Waals surface area contributed by atoms with E-state index in [-0.39, 0.29) is 11.3 Å². The number of amides is 1. The van der Waals surface area contributed by atoms with Gasteiger partial charge in [-0.3, -0.25) is 4.79 Å². The lowest BCUT2D eigenvalue weighted by atomic mass is 10.0. The van der Waals surface area contributed by atoms with Gasteiger partial charge in [-0.2, -0.15) is 4.36 Å². The van der Waals surface area contributed by atoms with Crippen molar-refractivity contribution in [1.82, 2.24) is 0 Å². The molecular weight excluding hydrogens is 446 g/mol. The quantitative estimate of drug-likeness (QED) is 0.258. The number of carbonyl (C=O) groups is 2. The van der Waals surface area contributed by atoms with Crippen molar-refractivity contribution >= 4 is 21.6 Å². The van der Waals surface area contributed by atoms with Gasteiger partial charge in [0.2, 0.25) is 0 Å². The normalized spacial score (nSPS) is 12.4. The number of ether oxygens (including phenoxy) is 1. The van der Waals surface area contributed by atoms with Gasteiger partial charge in [0.05, 0.1) is 20.9 Å². The van der Waals surface area contributed by atoms with Gasteiger partial charge in [-0.25, -0.2) is 9.00 Å². The second-order valence-electron chi connectivity index (χ2n) is 7.79. The first-order valence-electron chi connectivity index (χ1n) is 10.6. The third kappa shape index (κ3) is 5.13. The van der Waals surface area contributed by atoms with Gasteiger partial charge in [-0.15, -0.1) is 0 Å². The molecule has 1 amide bonds. The standard InChI is InChI=1S/C28H23NO4S/c1-20-10-9-15-25(26(20)27(30)29-34(2,32)24-13-7-4-8-14-24)33-28(31)23-18-16-22(17-19-23)21-11-5-3-6-12-21/h3-19H,1-2H3. The van der Waals surface area contributed by atoms with E-state index in [9.17, 15) is 13.8 Å². The molecule has 0 aliphatic heterocycles. The highest BCUT2D eigenvalue weighted by Gasteiger charge is 2.20. The summed E-state index contributed by atoms with van der Waals surface area (Å²) in [4.78, 5) is 26.3. The Balaban J connectivity index is 1.61. The van der Waals surface area contributed by atoms with E-state index in [0.717, 1.165) is 11.1 Å². The number of esters is 1. The minimum Gasteiger partial charge on any atom is -0.422 e. The summed E-state index contributed by atoms with van der Waals surface area (Å²) >= 11 is 0. The van der Waals surface area contributed by atoms with Crippen LogP contribution in [0.4, 0.5) is 0 Å². The molecule has 0 aliphatic rings. The SMILES string of the molecule is Cc1cccc(OC(=O)c2ccc(-c3ccccc3)cc2)c1C(=O)N=S(C)(=O)c1ccccc1. The van der Waals surface area contributed by atoms with Gasteiger partial charge in [-0.05, 0) is 53.9 Å². The Labute approximate surface area is 199 Å². The maximum atomic E-state index is 13.1. The fraction of sp³-hybridized carbons (Fsp3) is 0.0714. The van der Waals surface area contributed by atoms with Crippen LogP contribution < -0.4 is 4.74 Å². The fourth-order valence-corrected chi connectivity index (χ4v) is 4.69. The molecule has 0 heterocycles. The maximum Gasteiger partial charge on any atom is 0.343 e. The molecule has 4 aromatic carbocycles. The van der Waals surface area contributed by atoms with E-state index in [1.807, 2.05) is 42.5 Å². The molecule has 0 fully saturated rings. The second-order valence-corrected chi connectivity index (χ2v) is 10.1. The summed E-state index contributed by atoms with van der Waals surface area (Å²) in [5.41, 5.74) is 3.04. The lowest BCUT2D eigenvalue weighted by Gasteiger charge is -2.11. The lowest BCUT2D eigenvalue weighted by molar-refractivity contribution is 0.0732. The number of nitrogens with zero attached hydrogens (tertiary/aromatic N) is 1. The second kappa shape index (κ2) is 9.85. The monoisotopic (exact) mass is 469 g/mol. The van der Waals surface area contributed by atoms with Gasteiger partial charge < -0.3 is 4.74 Å². The summed E-state index contributed by atoms with van der Waals surface area (Å²) in [5, 5.41) is 0. The number of hydrogen-bond acceptors (Lipinski definition) is 4. The number of hydrogen-bond donors (Lipinski definition) is 0. The van der Waals surface area contributed by atoms with Crippen molar-refractivity contribution in [2.24, 2.45) is 4.36 Å². The average molecular weight is 470 g/mol. The molecule has 0 saturated carbocycles. The summed E-state index contributed by atoms with van der Waals surface area (Å²) in [6, 6.07) is 30.4. The summed E-state index contributed by atoms with van der Waals surface area (Å²) in [5.74, 6) is -1.22. The van der Waals surface area contributed by atoms with Crippen LogP contribution >= 0.6 is 0 Å². The van der Waals surface area contributed by atoms with Gasteiger partial charge in [0.15, 0.2) is 0 Å². The van der Waals surface area contributed by atoms with E-state index in [4.69, 9.17) is 4.74 Å². The van der Waals surface area contributed by atoms with Crippen LogP contribution in [0.2, 0.25) is 0 Å². The molecule has 0 spiro atoms. The van der Waals surface area contributed by atoms with Crippen molar-refractivity contribution in [3.63, 3.8) is 0 Å². The van der Waals surface area contributed by atoms with E-state index in [2.05, 4.69) is 4.36 Å². The van der Waals surface area contributed by atoms with E-state index in [1.54, 1.807) is 61.5 Å². The summed E-state index contributed by atoms with van der Waals surface area (Å²) in [7, 11) is -2.97. The van der Waals surface area contributed by atoms with Crippen molar-refractivity contribution in [2.75, 3.05) is 6.26 Å². The number of aryl methyl sites for hydroxylation is 1. The smallest absolute Gasteiger partial charge is 0.343 e. The van der Waals surface area contributed by atoms with Crippen LogP contribution in [0.5, 0.6) is 5.75 Å². The van der Waals surface area contributed by atoms with Crippen LogP contribution in [0.25, 0.3) is 11.1 Å². The fourth-order valence-electron chi connectivity index (χ4n) is 3.52. The van der Waals surface area contributed by atoms with Crippen LogP contribution in [-0.4, -0.2) is 22.3 Å². The van der Waals surface area contributed by atoms with Crippen molar-refractivity contribution in [3.05, 3.63) is 120 Å². The Morgan fingerprint density at radius 1 is 0.735 bits per heavy atom. The van der Waals surface area contributed by atoms with E-state index in [0.29, 0.717) is 16.0 Å². The predicted octanol–water partition coefficient (Wildman–Crippen LogP) is 6.18. The molecule has 0 radical (unpaired) electrons. The van der Waals surface area contributed by atoms with Crippen LogP contribution in [0, 0.1) is 6.92 Å². The van der Waals surface area contributed by atoms with Gasteiger partial charge in [-0.1, -0.05) is 72.8 Å². The van der Waals surface area contributed by atoms with E-state index >= 15 is 0 Å². The molecule has 4 aromatic rings. The average Bonchev–Trinajstić information content (AvgIpc) is 2.85. The molecule has 0 aromatic heterocycles. The van der Waals surface area contributed by atoms with Crippen LogP contribution in [0.1, 0.15) is 26.3 Å². The molecule has 1 atom stereocenters. The van der Waals surface area contributed by atoms with Crippen molar-refractivity contribution in [3.8, 4) is 16.9 Å². The molecule has 0 N–H and O–H groups in total. The van der Waals surface area contributed by atoms with Gasteiger partial charge >= 0.3 is 5.97 Å². The molecule has 1 unspecified atom stereocenters. The maximum absolute atomic E-state index is 13.1. The zero-order valence-corrected chi connectivity index (χ0v) is 19.6. The molecular formula is C28H23NO4S. The predicted molar refractivity (Wildman–Crippen MR) is 134 cm³/mol. The third-order valence-corrected chi connectivity index (χ3v) is 6.98. The van der Waals surface area contributed by atoms with Crippen molar-refractivity contribution in [2.45, 2.75) is 11.8 Å². The van der Waals surface area contributed by atoms with Crippen LogP contribution in [0.15, 0.2) is 112 Å². The van der Waals surface area contributed by atoms with Crippen molar-refractivity contribution < 1.29 is 18.5 Å². The number of carbonyl (C=O) groups excluding carboxylic acids is 2. The van der Waals surface area contributed by atoms with Crippen LogP contribution in [0.3, 0.4) is 0 Å². The summed E-state index contributed by atoms with van der Waals surface area (Å²) in [6.45, 7) is 1.72. The first-order chi connectivity index (χ1) is 16.3. The van der Waals surface area contributed by atoms with E-state index in [1.165, 1.54) is 12.3 Å². The number of rotatable bonds is 5. The Morgan fingerprint density at radius 3 is 1.97 bits per heavy atom. The summed E-state index contributed by atoms with van der Waals surface area (Å²) in [6.07, 6.45) is 1.42. The Morgan fingerprint density at radius 2 is 1.32 bits per heavy atom. The zero-order chi connectivity index (χ0) is 24.1. The highest BCUT2D eigenvalue weighted by Crippen LogP contribution is 2.26. The van der Waals surface area contributed by atoms with Gasteiger partial charge in [0.1, 0.15) is 5.75 Å². The van der Waals surface area contributed by atoms with Crippen molar-refractivity contribution in [1.29, 1.82) is 0 Å². The molecule has 4 rings (SSSR count). The summed E-state index contributed by atoms with van der Waals surface area (Å²) < 4.78 is 22.7. The molecule has 0 saturated heterocycles. The lowest BCUT2D eigenvalue weighted by Crippen LogP contribution is -2.13. The largest absolute Gasteiger partial charge is 0.422 e. The molecule has 0 aliphatic carbocycles. The highest BCUT2D eigenvalue weighted by atomic mass is 32.2. The minimum absolute atomic E-state index is 0.0779. The molecule has 34 heavy (non-hydrogen) atoms. The third-order valence-electron chi connectivity index (χ3n) is 5.32. The molecule has 0 bridgehead atoms. The number of benzene rings is 4.